The van der Waals surface area contributed by atoms with E-state index in [0.29, 0.717) is 17.1 Å². The molecule has 0 bridgehead atoms. The molecule has 2 amide bonds. The summed E-state index contributed by atoms with van der Waals surface area (Å²) in [6.45, 7) is 3.83. The van der Waals surface area contributed by atoms with Crippen molar-refractivity contribution in [1.82, 2.24) is 4.90 Å². The number of carbonyl (C=O) groups is 2. The third kappa shape index (κ3) is 5.71. The smallest absolute Gasteiger partial charge is 0.250 e. The first-order valence-corrected chi connectivity index (χ1v) is 9.07. The lowest BCUT2D eigenvalue weighted by Crippen LogP contribution is -2.42. The van der Waals surface area contributed by atoms with E-state index in [2.05, 4.69) is 15.5 Å². The maximum atomic E-state index is 12.6. The summed E-state index contributed by atoms with van der Waals surface area (Å²) in [4.78, 5) is 26.5. The molecule has 1 atom stereocenters. The fourth-order valence-electron chi connectivity index (χ4n) is 3.08. The van der Waals surface area contributed by atoms with Crippen LogP contribution in [0.3, 0.4) is 0 Å². The minimum atomic E-state index is -0.266. The molecule has 1 saturated heterocycles. The molecule has 1 unspecified atom stereocenters. The van der Waals surface area contributed by atoms with E-state index in [1.807, 2.05) is 6.92 Å². The lowest BCUT2D eigenvalue weighted by molar-refractivity contribution is -0.121. The first-order valence-electron chi connectivity index (χ1n) is 9.07. The monoisotopic (exact) mass is 363 g/mol. The summed E-state index contributed by atoms with van der Waals surface area (Å²) in [5.74, 6) is 0.178. The van der Waals surface area contributed by atoms with Crippen LogP contribution in [0.15, 0.2) is 18.2 Å². The molecule has 0 aromatic heterocycles. The number of carbonyl (C=O) groups excluding carboxylic acids is 2. The number of nitrogens with one attached hydrogen (secondary N) is 2. The number of ether oxygens (including phenoxy) is 2. The summed E-state index contributed by atoms with van der Waals surface area (Å²) in [6, 6.07) is 4.98. The van der Waals surface area contributed by atoms with Crippen molar-refractivity contribution in [2.45, 2.75) is 38.6 Å². The summed E-state index contributed by atoms with van der Waals surface area (Å²) in [6.07, 6.45) is 4.75. The number of anilines is 2. The third-order valence-electron chi connectivity index (χ3n) is 4.59. The fourth-order valence-corrected chi connectivity index (χ4v) is 3.08. The number of hydrogen-bond donors (Lipinski definition) is 2. The molecule has 1 aliphatic heterocycles. The highest BCUT2D eigenvalue weighted by molar-refractivity contribution is 5.96. The van der Waals surface area contributed by atoms with Gasteiger partial charge in [-0.3, -0.25) is 14.5 Å². The molecule has 144 valence electrons. The summed E-state index contributed by atoms with van der Waals surface area (Å²) >= 11 is 0. The molecule has 1 aromatic rings. The zero-order chi connectivity index (χ0) is 18.9. The van der Waals surface area contributed by atoms with E-state index in [1.165, 1.54) is 27.1 Å². The summed E-state index contributed by atoms with van der Waals surface area (Å²) in [5.41, 5.74) is 1.17. The number of methoxy groups -OCH3 is 2. The molecule has 7 nitrogen and oxygen atoms in total. The van der Waals surface area contributed by atoms with Crippen LogP contribution in [0.25, 0.3) is 0 Å². The van der Waals surface area contributed by atoms with E-state index in [4.69, 9.17) is 9.47 Å². The zero-order valence-electron chi connectivity index (χ0n) is 15.8. The topological polar surface area (TPSA) is 79.9 Å². The van der Waals surface area contributed by atoms with Gasteiger partial charge in [0.15, 0.2) is 0 Å². The van der Waals surface area contributed by atoms with E-state index in [1.54, 1.807) is 18.2 Å². The molecular formula is C19H29N3O4. The Hall–Kier alpha value is -2.12. The van der Waals surface area contributed by atoms with Crippen LogP contribution in [0.2, 0.25) is 0 Å². The van der Waals surface area contributed by atoms with Crippen LogP contribution in [0.5, 0.6) is 5.75 Å². The number of hydrogen-bond acceptors (Lipinski definition) is 5. The minimum Gasteiger partial charge on any atom is -0.494 e. The Bertz CT molecular complexity index is 613. The molecule has 1 fully saturated rings. The second-order valence-electron chi connectivity index (χ2n) is 6.51. The molecule has 1 aromatic carbocycles. The van der Waals surface area contributed by atoms with E-state index in [9.17, 15) is 9.59 Å². The molecule has 2 N–H and O–H groups in total. The van der Waals surface area contributed by atoms with Crippen molar-refractivity contribution >= 4 is 23.2 Å². The Kier molecular flexibility index (Phi) is 7.87. The van der Waals surface area contributed by atoms with Crippen molar-refractivity contribution in [1.29, 1.82) is 0 Å². The fraction of sp³-hybridized carbons (Fsp3) is 0.579. The van der Waals surface area contributed by atoms with Crippen LogP contribution in [-0.2, 0) is 14.3 Å². The second-order valence-corrected chi connectivity index (χ2v) is 6.51. The van der Waals surface area contributed by atoms with Gasteiger partial charge in [-0.05, 0) is 45.0 Å². The van der Waals surface area contributed by atoms with Gasteiger partial charge in [-0.25, -0.2) is 0 Å². The molecule has 0 aliphatic carbocycles. The molecule has 1 aliphatic rings. The second kappa shape index (κ2) is 10.1. The molecule has 2 rings (SSSR count). The van der Waals surface area contributed by atoms with Crippen LogP contribution in [0, 0.1) is 0 Å². The Morgan fingerprint density at radius 3 is 2.42 bits per heavy atom. The molecule has 1 heterocycles. The molecule has 0 saturated carbocycles. The number of likely N-dealkylation sites (tertiary alicyclic amines) is 1. The number of rotatable bonds is 7. The lowest BCUT2D eigenvalue weighted by atomic mass is 10.2. The van der Waals surface area contributed by atoms with Crippen molar-refractivity contribution < 1.29 is 19.1 Å². The molecule has 26 heavy (non-hydrogen) atoms. The highest BCUT2D eigenvalue weighted by Crippen LogP contribution is 2.28. The molecular weight excluding hydrogens is 334 g/mol. The van der Waals surface area contributed by atoms with Gasteiger partial charge in [0, 0.05) is 18.9 Å². The number of nitrogens with zero attached hydrogens (tertiary/aromatic N) is 1. The van der Waals surface area contributed by atoms with Gasteiger partial charge in [0.25, 0.3) is 0 Å². The van der Waals surface area contributed by atoms with Crippen molar-refractivity contribution in [2.24, 2.45) is 0 Å². The van der Waals surface area contributed by atoms with Crippen LogP contribution in [-0.4, -0.2) is 56.7 Å². The van der Waals surface area contributed by atoms with Gasteiger partial charge in [0.05, 0.1) is 18.8 Å². The van der Waals surface area contributed by atoms with Gasteiger partial charge >= 0.3 is 0 Å². The largest absolute Gasteiger partial charge is 0.494 e. The number of amides is 2. The first-order chi connectivity index (χ1) is 12.5. The standard InChI is InChI=1S/C19H29N3O4/c1-14(22-10-6-4-5-7-11-22)19(24)20-15-8-9-16(17(12-15)26-3)21-18(23)13-25-2/h8-9,12,14H,4-7,10-11,13H2,1-3H3,(H,20,24)(H,21,23). The van der Waals surface area contributed by atoms with E-state index in [0.717, 1.165) is 25.9 Å². The molecule has 0 radical (unpaired) electrons. The predicted molar refractivity (Wildman–Crippen MR) is 102 cm³/mol. The Labute approximate surface area is 155 Å². The zero-order valence-corrected chi connectivity index (χ0v) is 15.8. The van der Waals surface area contributed by atoms with Crippen molar-refractivity contribution in [3.05, 3.63) is 18.2 Å². The minimum absolute atomic E-state index is 0.0327. The van der Waals surface area contributed by atoms with E-state index < -0.39 is 0 Å². The highest BCUT2D eigenvalue weighted by Gasteiger charge is 2.22. The van der Waals surface area contributed by atoms with Crippen molar-refractivity contribution in [2.75, 3.05) is 44.5 Å². The highest BCUT2D eigenvalue weighted by atomic mass is 16.5. The van der Waals surface area contributed by atoms with Gasteiger partial charge in [-0.15, -0.1) is 0 Å². The Morgan fingerprint density at radius 2 is 1.81 bits per heavy atom. The average molecular weight is 363 g/mol. The third-order valence-corrected chi connectivity index (χ3v) is 4.59. The van der Waals surface area contributed by atoms with Gasteiger partial charge in [0.2, 0.25) is 11.8 Å². The maximum absolute atomic E-state index is 12.6. The van der Waals surface area contributed by atoms with Gasteiger partial charge in [-0.2, -0.15) is 0 Å². The van der Waals surface area contributed by atoms with Crippen LogP contribution in [0.1, 0.15) is 32.6 Å². The average Bonchev–Trinajstić information content (AvgIpc) is 2.91. The Morgan fingerprint density at radius 1 is 1.12 bits per heavy atom. The van der Waals surface area contributed by atoms with Crippen LogP contribution < -0.4 is 15.4 Å². The molecule has 0 spiro atoms. The maximum Gasteiger partial charge on any atom is 0.250 e. The van der Waals surface area contributed by atoms with Gasteiger partial charge < -0.3 is 20.1 Å². The summed E-state index contributed by atoms with van der Waals surface area (Å²) in [5, 5.41) is 5.66. The lowest BCUT2D eigenvalue weighted by Gasteiger charge is -2.26. The first kappa shape index (κ1) is 20.2. The SMILES string of the molecule is COCC(=O)Nc1ccc(NC(=O)C(C)N2CCCCCC2)cc1OC. The summed E-state index contributed by atoms with van der Waals surface area (Å²) < 4.78 is 10.1. The van der Waals surface area contributed by atoms with Gasteiger partial charge in [-0.1, -0.05) is 12.8 Å². The van der Waals surface area contributed by atoms with Crippen LogP contribution in [0.4, 0.5) is 11.4 Å². The quantitative estimate of drug-likeness (QED) is 0.778. The predicted octanol–water partition coefficient (Wildman–Crippen LogP) is 2.48. The normalized spacial score (nSPS) is 16.4. The molecule has 7 heteroatoms. The van der Waals surface area contributed by atoms with Crippen LogP contribution >= 0.6 is 0 Å². The summed E-state index contributed by atoms with van der Waals surface area (Å²) in [7, 11) is 2.98. The number of benzene rings is 1. The Balaban J connectivity index is 2.01. The van der Waals surface area contributed by atoms with E-state index in [-0.39, 0.29) is 24.5 Å². The van der Waals surface area contributed by atoms with Crippen molar-refractivity contribution in [3.8, 4) is 5.75 Å². The van der Waals surface area contributed by atoms with Gasteiger partial charge in [0.1, 0.15) is 12.4 Å². The van der Waals surface area contributed by atoms with E-state index >= 15 is 0 Å². The van der Waals surface area contributed by atoms with Crippen molar-refractivity contribution in [3.63, 3.8) is 0 Å².